The molecular weight excluding hydrogens is 305 g/mol. The lowest BCUT2D eigenvalue weighted by molar-refractivity contribution is -0.123. The fourth-order valence-electron chi connectivity index (χ4n) is 2.50. The molecule has 6 nitrogen and oxygen atoms in total. The van der Waals surface area contributed by atoms with Crippen molar-refractivity contribution in [3.8, 4) is 0 Å². The molecule has 3 N–H and O–H groups in total. The molecule has 122 valence electrons. The molecule has 1 fully saturated rings. The number of aliphatic hydroxyl groups excluding tert-OH is 1. The molecule has 3 atom stereocenters. The van der Waals surface area contributed by atoms with Crippen LogP contribution >= 0.6 is 11.3 Å². The van der Waals surface area contributed by atoms with Crippen LogP contribution in [-0.4, -0.2) is 48.1 Å². The highest BCUT2D eigenvalue weighted by Gasteiger charge is 2.36. The van der Waals surface area contributed by atoms with Crippen LogP contribution in [-0.2, 0) is 20.6 Å². The average Bonchev–Trinajstić information content (AvgIpc) is 2.95. The standard InChI is InChI=1S/C14H22BNO5S/c1-2-20-14(18)8-10-5-6-12(15(19)21-10)16-13(17)9-11-4-3-7-22-11/h3-4,7,10,12,14,18-19H,2,5-6,8-9H2,1H3,(H,16,17)/t10-,12-,14?/m0/s1. The molecule has 1 amide bonds. The van der Waals surface area contributed by atoms with Crippen LogP contribution in [0.15, 0.2) is 17.5 Å². The zero-order valence-electron chi connectivity index (χ0n) is 12.6. The molecule has 2 heterocycles. The first-order chi connectivity index (χ1) is 10.6. The molecule has 0 aromatic carbocycles. The highest BCUT2D eigenvalue weighted by Crippen LogP contribution is 2.20. The third kappa shape index (κ3) is 5.37. The number of ether oxygens (including phenoxy) is 1. The van der Waals surface area contributed by atoms with Gasteiger partial charge in [0.25, 0.3) is 0 Å². The molecule has 0 aliphatic carbocycles. The van der Waals surface area contributed by atoms with Crippen LogP contribution in [0.25, 0.3) is 0 Å². The number of carbonyl (C=O) groups excluding carboxylic acids is 1. The van der Waals surface area contributed by atoms with Gasteiger partial charge in [0.2, 0.25) is 5.91 Å². The lowest BCUT2D eigenvalue weighted by Crippen LogP contribution is -2.53. The van der Waals surface area contributed by atoms with E-state index in [0.29, 0.717) is 32.3 Å². The zero-order chi connectivity index (χ0) is 15.9. The largest absolute Gasteiger partial charge is 0.478 e. The third-order valence-electron chi connectivity index (χ3n) is 3.56. The van der Waals surface area contributed by atoms with Crippen molar-refractivity contribution in [3.05, 3.63) is 22.4 Å². The Kier molecular flexibility index (Phi) is 6.85. The van der Waals surface area contributed by atoms with Crippen molar-refractivity contribution in [1.29, 1.82) is 0 Å². The van der Waals surface area contributed by atoms with Crippen molar-refractivity contribution in [1.82, 2.24) is 5.32 Å². The molecule has 1 aromatic rings. The molecule has 1 saturated heterocycles. The predicted octanol–water partition coefficient (Wildman–Crippen LogP) is 0.719. The number of hydrogen-bond donors (Lipinski definition) is 3. The molecule has 2 rings (SSSR count). The molecule has 22 heavy (non-hydrogen) atoms. The maximum Gasteiger partial charge on any atom is 0.478 e. The fourth-order valence-corrected chi connectivity index (χ4v) is 3.20. The van der Waals surface area contributed by atoms with Gasteiger partial charge in [0.05, 0.1) is 12.4 Å². The van der Waals surface area contributed by atoms with Crippen molar-refractivity contribution in [2.75, 3.05) is 6.61 Å². The molecule has 0 radical (unpaired) electrons. The maximum atomic E-state index is 11.9. The summed E-state index contributed by atoms with van der Waals surface area (Å²) in [5.74, 6) is -0.532. The van der Waals surface area contributed by atoms with Gasteiger partial charge in [-0.2, -0.15) is 0 Å². The van der Waals surface area contributed by atoms with Gasteiger partial charge in [-0.15, -0.1) is 11.3 Å². The Hall–Kier alpha value is -0.925. The number of aliphatic hydroxyl groups is 1. The quantitative estimate of drug-likeness (QED) is 0.507. The minimum atomic E-state index is -1.06. The number of thiophene rings is 1. The van der Waals surface area contributed by atoms with Crippen molar-refractivity contribution < 1.29 is 24.3 Å². The highest BCUT2D eigenvalue weighted by atomic mass is 32.1. The van der Waals surface area contributed by atoms with Gasteiger partial charge in [-0.25, -0.2) is 0 Å². The van der Waals surface area contributed by atoms with E-state index in [0.717, 1.165) is 4.88 Å². The fraction of sp³-hybridized carbons (Fsp3) is 0.643. The first-order valence-corrected chi connectivity index (χ1v) is 8.41. The number of hydrogen-bond acceptors (Lipinski definition) is 6. The van der Waals surface area contributed by atoms with Crippen LogP contribution in [0.1, 0.15) is 31.1 Å². The molecule has 1 aromatic heterocycles. The first kappa shape index (κ1) is 17.4. The summed E-state index contributed by atoms with van der Waals surface area (Å²) >= 11 is 1.53. The summed E-state index contributed by atoms with van der Waals surface area (Å²) in [6, 6.07) is 3.81. The molecule has 0 spiro atoms. The first-order valence-electron chi connectivity index (χ1n) is 7.53. The van der Waals surface area contributed by atoms with Crippen LogP contribution in [0.5, 0.6) is 0 Å². The smallest absolute Gasteiger partial charge is 0.426 e. The summed E-state index contributed by atoms with van der Waals surface area (Å²) in [6.45, 7) is 2.23. The Bertz CT molecular complexity index is 458. The Morgan fingerprint density at radius 2 is 2.45 bits per heavy atom. The second-order valence-corrected chi connectivity index (χ2v) is 6.33. The van der Waals surface area contributed by atoms with Crippen LogP contribution < -0.4 is 5.32 Å². The second kappa shape index (κ2) is 8.64. The van der Waals surface area contributed by atoms with Gasteiger partial charge >= 0.3 is 7.12 Å². The van der Waals surface area contributed by atoms with E-state index in [-0.39, 0.29) is 12.0 Å². The molecule has 0 bridgehead atoms. The SMILES string of the molecule is CCOC(O)C[C@@H]1CC[C@H](NC(=O)Cc2cccs2)B(O)O1. The minimum Gasteiger partial charge on any atom is -0.426 e. The normalized spacial score (nSPS) is 23.3. The summed E-state index contributed by atoms with van der Waals surface area (Å²) in [7, 11) is -1.06. The Balaban J connectivity index is 1.74. The molecule has 1 unspecified atom stereocenters. The van der Waals surface area contributed by atoms with Crippen LogP contribution in [0.4, 0.5) is 0 Å². The Morgan fingerprint density at radius 1 is 1.64 bits per heavy atom. The lowest BCUT2D eigenvalue weighted by atomic mass is 9.72. The summed E-state index contributed by atoms with van der Waals surface area (Å²) in [5, 5.41) is 24.3. The molecule has 8 heteroatoms. The van der Waals surface area contributed by atoms with Gasteiger partial charge in [-0.3, -0.25) is 4.79 Å². The van der Waals surface area contributed by atoms with Gasteiger partial charge in [0, 0.05) is 24.0 Å². The number of rotatable bonds is 7. The van der Waals surface area contributed by atoms with Gasteiger partial charge in [-0.1, -0.05) is 6.07 Å². The lowest BCUT2D eigenvalue weighted by Gasteiger charge is -2.32. The molecule has 1 aliphatic heterocycles. The van der Waals surface area contributed by atoms with E-state index in [1.165, 1.54) is 11.3 Å². The van der Waals surface area contributed by atoms with Crippen molar-refractivity contribution >= 4 is 24.4 Å². The van der Waals surface area contributed by atoms with E-state index >= 15 is 0 Å². The van der Waals surface area contributed by atoms with Gasteiger partial charge in [-0.05, 0) is 31.2 Å². The molecular formula is C14H22BNO5S. The van der Waals surface area contributed by atoms with Gasteiger partial charge < -0.3 is 24.8 Å². The van der Waals surface area contributed by atoms with Gasteiger partial charge in [0.15, 0.2) is 6.29 Å². The third-order valence-corrected chi connectivity index (χ3v) is 4.44. The van der Waals surface area contributed by atoms with E-state index < -0.39 is 19.3 Å². The molecule has 1 aliphatic rings. The van der Waals surface area contributed by atoms with Crippen molar-refractivity contribution in [2.24, 2.45) is 0 Å². The van der Waals surface area contributed by atoms with E-state index in [2.05, 4.69) is 5.32 Å². The number of carbonyl (C=O) groups is 1. The van der Waals surface area contributed by atoms with Crippen molar-refractivity contribution in [3.63, 3.8) is 0 Å². The monoisotopic (exact) mass is 327 g/mol. The van der Waals surface area contributed by atoms with E-state index in [4.69, 9.17) is 9.39 Å². The number of amides is 1. The Morgan fingerprint density at radius 3 is 3.09 bits per heavy atom. The van der Waals surface area contributed by atoms with Crippen LogP contribution in [0.2, 0.25) is 0 Å². The summed E-state index contributed by atoms with van der Waals surface area (Å²) in [6.07, 6.45) is 0.759. The topological polar surface area (TPSA) is 88.0 Å². The summed E-state index contributed by atoms with van der Waals surface area (Å²) < 4.78 is 10.5. The van der Waals surface area contributed by atoms with Crippen LogP contribution in [0, 0.1) is 0 Å². The Labute approximate surface area is 134 Å². The average molecular weight is 327 g/mol. The predicted molar refractivity (Wildman–Crippen MR) is 84.3 cm³/mol. The maximum absolute atomic E-state index is 11.9. The minimum absolute atomic E-state index is 0.122. The van der Waals surface area contributed by atoms with E-state index in [1.54, 1.807) is 6.92 Å². The molecule has 0 saturated carbocycles. The summed E-state index contributed by atoms with van der Waals surface area (Å²) in [4.78, 5) is 12.9. The second-order valence-electron chi connectivity index (χ2n) is 5.30. The van der Waals surface area contributed by atoms with Gasteiger partial charge in [0.1, 0.15) is 0 Å². The summed E-state index contributed by atoms with van der Waals surface area (Å²) in [5.41, 5.74) is 0. The van der Waals surface area contributed by atoms with E-state index in [9.17, 15) is 14.9 Å². The number of nitrogens with one attached hydrogen (secondary N) is 1. The van der Waals surface area contributed by atoms with E-state index in [1.807, 2.05) is 17.5 Å². The zero-order valence-corrected chi connectivity index (χ0v) is 13.4. The van der Waals surface area contributed by atoms with Crippen LogP contribution in [0.3, 0.4) is 0 Å². The highest BCUT2D eigenvalue weighted by molar-refractivity contribution is 7.10. The van der Waals surface area contributed by atoms with Crippen molar-refractivity contribution in [2.45, 2.75) is 50.9 Å².